The number of fused-ring (bicyclic) bond motifs is 1. The molecular formula is C26H26N4O3. The minimum Gasteiger partial charge on any atom is -0.352 e. The summed E-state index contributed by atoms with van der Waals surface area (Å²) in [5, 5.41) is 11.8. The number of carbonyl (C=O) groups excluding carboxylic acids is 2. The summed E-state index contributed by atoms with van der Waals surface area (Å²) in [5.41, 5.74) is 2.74. The first kappa shape index (κ1) is 22.2. The van der Waals surface area contributed by atoms with Gasteiger partial charge in [-0.2, -0.15) is 4.98 Å². The summed E-state index contributed by atoms with van der Waals surface area (Å²) < 4.78 is 5.41. The number of hydrogen-bond donors (Lipinski definition) is 2. The first-order valence-electron chi connectivity index (χ1n) is 10.9. The molecule has 0 saturated carbocycles. The zero-order chi connectivity index (χ0) is 23.4. The summed E-state index contributed by atoms with van der Waals surface area (Å²) in [5.74, 6) is 0.684. The molecule has 1 aromatic heterocycles. The third-order valence-electron chi connectivity index (χ3n) is 5.38. The van der Waals surface area contributed by atoms with Crippen molar-refractivity contribution in [1.29, 1.82) is 0 Å². The molecule has 0 aliphatic carbocycles. The first-order chi connectivity index (χ1) is 15.9. The maximum Gasteiger partial charge on any atom is 0.260 e. The molecule has 0 radical (unpaired) electrons. The van der Waals surface area contributed by atoms with Crippen LogP contribution in [0.5, 0.6) is 0 Å². The van der Waals surface area contributed by atoms with Crippen molar-refractivity contribution in [3.8, 4) is 11.5 Å². The van der Waals surface area contributed by atoms with Crippen molar-refractivity contribution >= 4 is 28.3 Å². The molecular weight excluding hydrogens is 416 g/mol. The normalized spacial score (nSPS) is 11.0. The van der Waals surface area contributed by atoms with Gasteiger partial charge in [0.1, 0.15) is 0 Å². The molecule has 4 aromatic rings. The predicted octanol–water partition coefficient (Wildman–Crippen LogP) is 5.08. The van der Waals surface area contributed by atoms with Crippen LogP contribution in [-0.4, -0.2) is 28.5 Å². The Morgan fingerprint density at radius 3 is 2.55 bits per heavy atom. The number of nitrogens with zero attached hydrogens (tertiary/aromatic N) is 2. The van der Waals surface area contributed by atoms with Gasteiger partial charge in [-0.1, -0.05) is 61.5 Å². The van der Waals surface area contributed by atoms with Gasteiger partial charge in [-0.05, 0) is 41.5 Å². The molecule has 0 fully saturated rings. The second kappa shape index (κ2) is 9.65. The third-order valence-corrected chi connectivity index (χ3v) is 5.38. The zero-order valence-corrected chi connectivity index (χ0v) is 18.9. The number of aryl methyl sites for hydroxylation is 1. The summed E-state index contributed by atoms with van der Waals surface area (Å²) in [4.78, 5) is 29.6. The van der Waals surface area contributed by atoms with E-state index in [4.69, 9.17) is 4.52 Å². The van der Waals surface area contributed by atoms with Crippen LogP contribution in [0.4, 0.5) is 5.69 Å². The van der Waals surface area contributed by atoms with Gasteiger partial charge in [-0.25, -0.2) is 0 Å². The molecule has 7 heteroatoms. The lowest BCUT2D eigenvalue weighted by molar-refractivity contribution is -0.116. The highest BCUT2D eigenvalue weighted by molar-refractivity contribution is 5.99. The SMILES string of the molecule is Cc1cccc(-c2nc(C(C)C)no2)c1NC(=O)CCNC(=O)c1ccc2ccccc2c1. The molecule has 0 bridgehead atoms. The topological polar surface area (TPSA) is 97.1 Å². The lowest BCUT2D eigenvalue weighted by atomic mass is 10.1. The van der Waals surface area contributed by atoms with Crippen LogP contribution in [-0.2, 0) is 4.79 Å². The number of benzene rings is 3. The minimum absolute atomic E-state index is 0.133. The van der Waals surface area contributed by atoms with E-state index in [1.165, 1.54) is 0 Å². The number of amides is 2. The van der Waals surface area contributed by atoms with Crippen LogP contribution < -0.4 is 10.6 Å². The fourth-order valence-corrected chi connectivity index (χ4v) is 3.51. The highest BCUT2D eigenvalue weighted by Crippen LogP contribution is 2.30. The van der Waals surface area contributed by atoms with Crippen molar-refractivity contribution in [3.05, 3.63) is 77.6 Å². The van der Waals surface area contributed by atoms with Gasteiger partial charge in [0, 0.05) is 24.4 Å². The molecule has 0 unspecified atom stereocenters. The molecule has 3 aromatic carbocycles. The number of carbonyl (C=O) groups is 2. The average Bonchev–Trinajstić information content (AvgIpc) is 3.30. The van der Waals surface area contributed by atoms with Gasteiger partial charge in [0.25, 0.3) is 11.8 Å². The quantitative estimate of drug-likeness (QED) is 0.416. The van der Waals surface area contributed by atoms with Crippen LogP contribution in [0.25, 0.3) is 22.2 Å². The fraction of sp³-hybridized carbons (Fsp3) is 0.231. The van der Waals surface area contributed by atoms with E-state index in [1.807, 2.05) is 75.4 Å². The van der Waals surface area contributed by atoms with E-state index in [-0.39, 0.29) is 30.7 Å². The maximum atomic E-state index is 12.6. The molecule has 0 spiro atoms. The summed E-state index contributed by atoms with van der Waals surface area (Å²) in [6.07, 6.45) is 0.133. The van der Waals surface area contributed by atoms with Crippen molar-refractivity contribution in [1.82, 2.24) is 15.5 Å². The Bertz CT molecular complexity index is 1310. The molecule has 0 aliphatic rings. The van der Waals surface area contributed by atoms with Gasteiger partial charge in [-0.15, -0.1) is 0 Å². The van der Waals surface area contributed by atoms with Crippen LogP contribution in [0.2, 0.25) is 0 Å². The number of rotatable bonds is 7. The van der Waals surface area contributed by atoms with E-state index >= 15 is 0 Å². The molecule has 7 nitrogen and oxygen atoms in total. The molecule has 0 aliphatic heterocycles. The molecule has 168 valence electrons. The Labute approximate surface area is 192 Å². The second-order valence-corrected chi connectivity index (χ2v) is 8.23. The molecule has 1 heterocycles. The number of para-hydroxylation sites is 1. The monoisotopic (exact) mass is 442 g/mol. The van der Waals surface area contributed by atoms with Gasteiger partial charge >= 0.3 is 0 Å². The van der Waals surface area contributed by atoms with Gasteiger partial charge in [0.2, 0.25) is 5.91 Å². The van der Waals surface area contributed by atoms with E-state index in [0.717, 1.165) is 16.3 Å². The van der Waals surface area contributed by atoms with Crippen molar-refractivity contribution in [2.24, 2.45) is 0 Å². The second-order valence-electron chi connectivity index (χ2n) is 8.23. The highest BCUT2D eigenvalue weighted by atomic mass is 16.5. The molecule has 33 heavy (non-hydrogen) atoms. The Balaban J connectivity index is 1.39. The Kier molecular flexibility index (Phi) is 6.49. The van der Waals surface area contributed by atoms with E-state index in [0.29, 0.717) is 28.5 Å². The largest absolute Gasteiger partial charge is 0.352 e. The summed E-state index contributed by atoms with van der Waals surface area (Å²) in [6.45, 7) is 6.09. The summed E-state index contributed by atoms with van der Waals surface area (Å²) in [7, 11) is 0. The van der Waals surface area contributed by atoms with E-state index < -0.39 is 0 Å². The first-order valence-corrected chi connectivity index (χ1v) is 10.9. The fourth-order valence-electron chi connectivity index (χ4n) is 3.51. The van der Waals surface area contributed by atoms with Gasteiger partial charge in [0.05, 0.1) is 11.3 Å². The Morgan fingerprint density at radius 2 is 1.79 bits per heavy atom. The summed E-state index contributed by atoms with van der Waals surface area (Å²) >= 11 is 0. The van der Waals surface area contributed by atoms with Crippen LogP contribution >= 0.6 is 0 Å². The van der Waals surface area contributed by atoms with E-state index in [2.05, 4.69) is 20.8 Å². The number of aromatic nitrogens is 2. The standard InChI is InChI=1S/C26H26N4O3/c1-16(2)24-29-26(33-30-24)21-10-6-7-17(3)23(21)28-22(31)13-14-27-25(32)20-12-11-18-8-4-5-9-19(18)15-20/h4-12,15-16H,13-14H2,1-3H3,(H,27,32)(H,28,31). The summed E-state index contributed by atoms with van der Waals surface area (Å²) in [6, 6.07) is 19.0. The molecule has 0 atom stereocenters. The maximum absolute atomic E-state index is 12.6. The van der Waals surface area contributed by atoms with Crippen molar-refractivity contribution < 1.29 is 14.1 Å². The van der Waals surface area contributed by atoms with Crippen LogP contribution in [0.1, 0.15) is 47.9 Å². The molecule has 4 rings (SSSR count). The predicted molar refractivity (Wildman–Crippen MR) is 128 cm³/mol. The molecule has 0 saturated heterocycles. The van der Waals surface area contributed by atoms with E-state index in [1.54, 1.807) is 6.07 Å². The number of nitrogens with one attached hydrogen (secondary N) is 2. The molecule has 2 amide bonds. The van der Waals surface area contributed by atoms with E-state index in [9.17, 15) is 9.59 Å². The zero-order valence-electron chi connectivity index (χ0n) is 18.9. The lowest BCUT2D eigenvalue weighted by Gasteiger charge is -2.12. The van der Waals surface area contributed by atoms with Gasteiger partial charge in [0.15, 0.2) is 5.82 Å². The molecule has 2 N–H and O–H groups in total. The Morgan fingerprint density at radius 1 is 1.00 bits per heavy atom. The van der Waals surface area contributed by atoms with Gasteiger partial charge in [-0.3, -0.25) is 9.59 Å². The van der Waals surface area contributed by atoms with Crippen LogP contribution in [0.15, 0.2) is 65.2 Å². The lowest BCUT2D eigenvalue weighted by Crippen LogP contribution is -2.27. The number of hydrogen-bond acceptors (Lipinski definition) is 5. The van der Waals surface area contributed by atoms with Gasteiger partial charge < -0.3 is 15.2 Å². The smallest absolute Gasteiger partial charge is 0.260 e. The van der Waals surface area contributed by atoms with Crippen LogP contribution in [0.3, 0.4) is 0 Å². The van der Waals surface area contributed by atoms with Crippen molar-refractivity contribution in [3.63, 3.8) is 0 Å². The van der Waals surface area contributed by atoms with Crippen LogP contribution in [0, 0.1) is 6.92 Å². The van der Waals surface area contributed by atoms with Crippen molar-refractivity contribution in [2.75, 3.05) is 11.9 Å². The number of anilines is 1. The highest BCUT2D eigenvalue weighted by Gasteiger charge is 2.18. The average molecular weight is 443 g/mol. The van der Waals surface area contributed by atoms with Crippen molar-refractivity contribution in [2.45, 2.75) is 33.1 Å². The third kappa shape index (κ3) is 5.09. The Hall–Kier alpha value is -4.00. The minimum atomic E-state index is -0.215.